The molecule has 2 aliphatic heterocycles. The average molecular weight is 405 g/mol. The standard InChI is InChI=1S/C22H26F3N3O/c23-22(24,25)17-4-8-18(9-5-17)27-12-1-10-21(15-27)11-13-28(20(21)29)19-6-2-16(14-26)3-7-19/h4-5,8-9,16,19H,1-3,6-7,10-13,15H2/t16?,19?,21-/m1/s1. The summed E-state index contributed by atoms with van der Waals surface area (Å²) in [5.41, 5.74) is -0.325. The van der Waals surface area contributed by atoms with E-state index in [0.29, 0.717) is 6.54 Å². The number of hydrogen-bond acceptors (Lipinski definition) is 3. The van der Waals surface area contributed by atoms with E-state index < -0.39 is 17.2 Å². The van der Waals surface area contributed by atoms with Gasteiger partial charge in [-0.05, 0) is 69.2 Å². The summed E-state index contributed by atoms with van der Waals surface area (Å²) in [4.78, 5) is 17.5. The fourth-order valence-corrected chi connectivity index (χ4v) is 5.30. The number of piperidine rings is 1. The molecule has 3 fully saturated rings. The van der Waals surface area contributed by atoms with Gasteiger partial charge >= 0.3 is 6.18 Å². The van der Waals surface area contributed by atoms with Gasteiger partial charge in [0.2, 0.25) is 5.91 Å². The van der Waals surface area contributed by atoms with Gasteiger partial charge in [0.15, 0.2) is 0 Å². The molecule has 4 nitrogen and oxygen atoms in total. The van der Waals surface area contributed by atoms with Gasteiger partial charge in [0.1, 0.15) is 0 Å². The Labute approximate surface area is 169 Å². The lowest BCUT2D eigenvalue weighted by molar-refractivity contribution is -0.139. The van der Waals surface area contributed by atoms with Crippen molar-refractivity contribution in [2.24, 2.45) is 11.3 Å². The van der Waals surface area contributed by atoms with Gasteiger partial charge in [-0.3, -0.25) is 4.79 Å². The largest absolute Gasteiger partial charge is 0.416 e. The average Bonchev–Trinajstić information content (AvgIpc) is 3.03. The van der Waals surface area contributed by atoms with E-state index in [9.17, 15) is 18.0 Å². The van der Waals surface area contributed by atoms with Crippen LogP contribution in [0.2, 0.25) is 0 Å². The van der Waals surface area contributed by atoms with Crippen LogP contribution in [0.25, 0.3) is 0 Å². The van der Waals surface area contributed by atoms with Crippen LogP contribution in [0.3, 0.4) is 0 Å². The summed E-state index contributed by atoms with van der Waals surface area (Å²) < 4.78 is 38.5. The summed E-state index contributed by atoms with van der Waals surface area (Å²) in [5, 5.41) is 9.09. The van der Waals surface area contributed by atoms with Crippen molar-refractivity contribution in [3.05, 3.63) is 29.8 Å². The minimum Gasteiger partial charge on any atom is -0.370 e. The Morgan fingerprint density at radius 3 is 2.34 bits per heavy atom. The van der Waals surface area contributed by atoms with Crippen molar-refractivity contribution in [2.75, 3.05) is 24.5 Å². The number of rotatable bonds is 2. The van der Waals surface area contributed by atoms with Gasteiger partial charge in [-0.2, -0.15) is 18.4 Å². The number of alkyl halides is 3. The molecule has 2 heterocycles. The number of anilines is 1. The van der Waals surface area contributed by atoms with Gasteiger partial charge in [-0.15, -0.1) is 0 Å². The summed E-state index contributed by atoms with van der Waals surface area (Å²) >= 11 is 0. The SMILES string of the molecule is N#CC1CCC(N2CC[C@@]3(CCCN(c4ccc(C(F)(F)F)cc4)C3)C2=O)CC1. The number of benzene rings is 1. The first-order valence-electron chi connectivity index (χ1n) is 10.5. The molecular formula is C22H26F3N3O. The van der Waals surface area contributed by atoms with Gasteiger partial charge in [-0.25, -0.2) is 0 Å². The lowest BCUT2D eigenvalue weighted by Gasteiger charge is -2.41. The van der Waals surface area contributed by atoms with E-state index in [0.717, 1.165) is 75.9 Å². The van der Waals surface area contributed by atoms with Gasteiger partial charge < -0.3 is 9.80 Å². The van der Waals surface area contributed by atoms with E-state index >= 15 is 0 Å². The maximum atomic E-state index is 13.4. The number of likely N-dealkylation sites (tertiary alicyclic amines) is 1. The van der Waals surface area contributed by atoms with Crippen LogP contribution in [-0.2, 0) is 11.0 Å². The highest BCUT2D eigenvalue weighted by molar-refractivity contribution is 5.86. The van der Waals surface area contributed by atoms with Gasteiger partial charge in [-0.1, -0.05) is 0 Å². The normalized spacial score (nSPS) is 30.6. The summed E-state index contributed by atoms with van der Waals surface area (Å²) in [6.45, 7) is 2.08. The number of halogens is 3. The summed E-state index contributed by atoms with van der Waals surface area (Å²) in [5.74, 6) is 0.317. The lowest BCUT2D eigenvalue weighted by Crippen LogP contribution is -2.50. The number of carbonyl (C=O) groups excluding carboxylic acids is 1. The molecular weight excluding hydrogens is 379 g/mol. The smallest absolute Gasteiger partial charge is 0.370 e. The zero-order chi connectivity index (χ0) is 20.6. The van der Waals surface area contributed by atoms with Crippen molar-refractivity contribution >= 4 is 11.6 Å². The molecule has 2 saturated heterocycles. The van der Waals surface area contributed by atoms with E-state index in [-0.39, 0.29) is 17.9 Å². The van der Waals surface area contributed by atoms with Crippen LogP contribution in [-0.4, -0.2) is 36.5 Å². The molecule has 1 spiro atoms. The molecule has 156 valence electrons. The Morgan fingerprint density at radius 2 is 1.72 bits per heavy atom. The molecule has 0 N–H and O–H groups in total. The zero-order valence-electron chi connectivity index (χ0n) is 16.4. The first kappa shape index (κ1) is 20.1. The Balaban J connectivity index is 1.45. The highest BCUT2D eigenvalue weighted by Gasteiger charge is 2.50. The van der Waals surface area contributed by atoms with Crippen molar-refractivity contribution < 1.29 is 18.0 Å². The monoisotopic (exact) mass is 405 g/mol. The van der Waals surface area contributed by atoms with E-state index in [4.69, 9.17) is 5.26 Å². The maximum Gasteiger partial charge on any atom is 0.416 e. The molecule has 1 aromatic rings. The zero-order valence-corrected chi connectivity index (χ0v) is 16.4. The summed E-state index contributed by atoms with van der Waals surface area (Å²) in [6.07, 6.45) is 1.67. The minimum absolute atomic E-state index is 0.114. The van der Waals surface area contributed by atoms with Crippen LogP contribution in [0, 0.1) is 22.7 Å². The molecule has 1 aromatic carbocycles. The van der Waals surface area contributed by atoms with E-state index in [1.807, 2.05) is 4.90 Å². The van der Waals surface area contributed by atoms with Crippen LogP contribution in [0.5, 0.6) is 0 Å². The summed E-state index contributed by atoms with van der Waals surface area (Å²) in [6, 6.07) is 7.84. The highest BCUT2D eigenvalue weighted by Crippen LogP contribution is 2.44. The van der Waals surface area contributed by atoms with E-state index in [1.54, 1.807) is 0 Å². The first-order chi connectivity index (χ1) is 13.8. The van der Waals surface area contributed by atoms with Gasteiger partial charge in [0, 0.05) is 37.3 Å². The lowest BCUT2D eigenvalue weighted by atomic mass is 9.78. The Bertz CT molecular complexity index is 793. The fourth-order valence-electron chi connectivity index (χ4n) is 5.30. The van der Waals surface area contributed by atoms with Crippen molar-refractivity contribution in [1.29, 1.82) is 5.26 Å². The predicted molar refractivity (Wildman–Crippen MR) is 103 cm³/mol. The van der Waals surface area contributed by atoms with Crippen LogP contribution < -0.4 is 4.90 Å². The summed E-state index contributed by atoms with van der Waals surface area (Å²) in [7, 11) is 0. The van der Waals surface area contributed by atoms with Gasteiger partial charge in [0.25, 0.3) is 0 Å². The third-order valence-electron chi connectivity index (χ3n) is 7.00. The van der Waals surface area contributed by atoms with E-state index in [2.05, 4.69) is 11.0 Å². The second-order valence-electron chi connectivity index (χ2n) is 8.73. The number of nitrogens with zero attached hydrogens (tertiary/aromatic N) is 3. The van der Waals surface area contributed by atoms with Crippen LogP contribution in [0.1, 0.15) is 50.5 Å². The number of carbonyl (C=O) groups is 1. The fraction of sp³-hybridized carbons (Fsp3) is 0.636. The number of hydrogen-bond donors (Lipinski definition) is 0. The van der Waals surface area contributed by atoms with E-state index in [1.165, 1.54) is 12.1 Å². The van der Waals surface area contributed by atoms with Crippen LogP contribution >= 0.6 is 0 Å². The maximum absolute atomic E-state index is 13.4. The van der Waals surface area contributed by atoms with Crippen LogP contribution in [0.4, 0.5) is 18.9 Å². The molecule has 1 aliphatic carbocycles. The molecule has 0 unspecified atom stereocenters. The topological polar surface area (TPSA) is 47.3 Å². The second-order valence-corrected chi connectivity index (χ2v) is 8.73. The van der Waals surface area contributed by atoms with Crippen molar-refractivity contribution in [3.63, 3.8) is 0 Å². The molecule has 3 aliphatic rings. The Hall–Kier alpha value is -2.23. The Kier molecular flexibility index (Phi) is 5.22. The highest BCUT2D eigenvalue weighted by atomic mass is 19.4. The van der Waals surface area contributed by atoms with Gasteiger partial charge in [0.05, 0.1) is 17.0 Å². The first-order valence-corrected chi connectivity index (χ1v) is 10.5. The number of nitriles is 1. The van der Waals surface area contributed by atoms with Crippen LogP contribution in [0.15, 0.2) is 24.3 Å². The molecule has 0 bridgehead atoms. The molecule has 0 aromatic heterocycles. The second kappa shape index (κ2) is 7.55. The molecule has 7 heteroatoms. The van der Waals surface area contributed by atoms with Crippen molar-refractivity contribution in [2.45, 2.75) is 57.2 Å². The Morgan fingerprint density at radius 1 is 1.03 bits per heavy atom. The predicted octanol–water partition coefficient (Wildman–Crippen LogP) is 4.61. The third kappa shape index (κ3) is 3.82. The van der Waals surface area contributed by atoms with Crippen molar-refractivity contribution in [1.82, 2.24) is 4.90 Å². The molecule has 1 atom stereocenters. The molecule has 4 rings (SSSR count). The molecule has 1 amide bonds. The molecule has 1 saturated carbocycles. The van der Waals surface area contributed by atoms with Crippen molar-refractivity contribution in [3.8, 4) is 6.07 Å². The third-order valence-corrected chi connectivity index (χ3v) is 7.00. The molecule has 29 heavy (non-hydrogen) atoms. The minimum atomic E-state index is -4.34. The molecule has 0 radical (unpaired) electrons. The number of amides is 1. The quantitative estimate of drug-likeness (QED) is 0.722.